The van der Waals surface area contributed by atoms with Gasteiger partial charge in [-0.15, -0.1) is 0 Å². The maximum Gasteiger partial charge on any atom is 0.123 e. The topological polar surface area (TPSA) is 53.7 Å². The van der Waals surface area contributed by atoms with Gasteiger partial charge in [-0.25, -0.2) is 0 Å². The quantitative estimate of drug-likeness (QED) is 0.680. The zero-order valence-corrected chi connectivity index (χ0v) is 9.65. The van der Waals surface area contributed by atoms with E-state index in [4.69, 9.17) is 19.9 Å². The molecule has 1 rings (SSSR count). The van der Waals surface area contributed by atoms with Gasteiger partial charge in [0, 0.05) is 12.6 Å². The fourth-order valence-corrected chi connectivity index (χ4v) is 1.22. The van der Waals surface area contributed by atoms with Crippen LogP contribution >= 0.6 is 0 Å². The van der Waals surface area contributed by atoms with E-state index in [1.165, 1.54) is 0 Å². The fraction of sp³-hybridized carbons (Fsp3) is 0.500. The molecule has 2 N–H and O–H groups in total. The lowest BCUT2D eigenvalue weighted by molar-refractivity contribution is 0.106. The van der Waals surface area contributed by atoms with Crippen molar-refractivity contribution in [3.8, 4) is 11.5 Å². The Kier molecular flexibility index (Phi) is 6.37. The summed E-state index contributed by atoms with van der Waals surface area (Å²) in [5, 5.41) is 0. The molecule has 4 heteroatoms. The Bertz CT molecular complexity index is 291. The monoisotopic (exact) mass is 225 g/mol. The zero-order chi connectivity index (χ0) is 11.6. The molecule has 0 aromatic heterocycles. The Hall–Kier alpha value is -1.26. The first-order valence-electron chi connectivity index (χ1n) is 5.50. The second-order valence-electron chi connectivity index (χ2n) is 3.16. The summed E-state index contributed by atoms with van der Waals surface area (Å²) >= 11 is 0. The average Bonchev–Trinajstić information content (AvgIpc) is 2.30. The third-order valence-electron chi connectivity index (χ3n) is 1.88. The summed E-state index contributed by atoms with van der Waals surface area (Å²) in [4.78, 5) is 0. The molecule has 0 unspecified atom stereocenters. The number of ether oxygens (including phenoxy) is 3. The molecule has 0 saturated heterocycles. The standard InChI is InChI=1S/C12H19NO3/c1-2-15-11-4-3-5-12(10-11)16-9-8-14-7-6-13/h3-5,10H,2,6-9,13H2,1H3. The third kappa shape index (κ3) is 5.00. The van der Waals surface area contributed by atoms with Crippen molar-refractivity contribution in [1.82, 2.24) is 0 Å². The zero-order valence-electron chi connectivity index (χ0n) is 9.65. The summed E-state index contributed by atoms with van der Waals surface area (Å²) in [6.07, 6.45) is 0. The van der Waals surface area contributed by atoms with Crippen LogP contribution in [0.4, 0.5) is 0 Å². The van der Waals surface area contributed by atoms with Gasteiger partial charge in [0.05, 0.1) is 19.8 Å². The van der Waals surface area contributed by atoms with E-state index in [0.29, 0.717) is 33.0 Å². The van der Waals surface area contributed by atoms with Crippen molar-refractivity contribution >= 4 is 0 Å². The molecule has 0 aliphatic rings. The van der Waals surface area contributed by atoms with Crippen molar-refractivity contribution in [2.75, 3.05) is 33.0 Å². The number of benzene rings is 1. The van der Waals surface area contributed by atoms with Crippen LogP contribution in [0.5, 0.6) is 11.5 Å². The van der Waals surface area contributed by atoms with Gasteiger partial charge in [0.2, 0.25) is 0 Å². The minimum atomic E-state index is 0.523. The molecule has 4 nitrogen and oxygen atoms in total. The van der Waals surface area contributed by atoms with Crippen LogP contribution in [0, 0.1) is 0 Å². The molecule has 0 heterocycles. The van der Waals surface area contributed by atoms with Gasteiger partial charge in [-0.3, -0.25) is 0 Å². The van der Waals surface area contributed by atoms with Gasteiger partial charge in [0.15, 0.2) is 0 Å². The molecule has 1 aromatic carbocycles. The molecule has 0 bridgehead atoms. The minimum Gasteiger partial charge on any atom is -0.494 e. The van der Waals surface area contributed by atoms with Crippen molar-refractivity contribution < 1.29 is 14.2 Å². The van der Waals surface area contributed by atoms with E-state index in [1.54, 1.807) is 0 Å². The predicted octanol–water partition coefficient (Wildman–Crippen LogP) is 1.44. The Morgan fingerprint density at radius 1 is 1.06 bits per heavy atom. The van der Waals surface area contributed by atoms with E-state index in [0.717, 1.165) is 11.5 Å². The van der Waals surface area contributed by atoms with Crippen LogP contribution in [0.2, 0.25) is 0 Å². The number of nitrogens with two attached hydrogens (primary N) is 1. The van der Waals surface area contributed by atoms with Crippen LogP contribution in [0.3, 0.4) is 0 Å². The van der Waals surface area contributed by atoms with Gasteiger partial charge < -0.3 is 19.9 Å². The lowest BCUT2D eigenvalue weighted by Gasteiger charge is -2.08. The Balaban J connectivity index is 2.27. The van der Waals surface area contributed by atoms with E-state index in [2.05, 4.69) is 0 Å². The van der Waals surface area contributed by atoms with Crippen LogP contribution in [0.15, 0.2) is 24.3 Å². The van der Waals surface area contributed by atoms with Crippen molar-refractivity contribution in [1.29, 1.82) is 0 Å². The first-order chi connectivity index (χ1) is 7.86. The smallest absolute Gasteiger partial charge is 0.123 e. The Morgan fingerprint density at radius 3 is 2.50 bits per heavy atom. The Labute approximate surface area is 96.3 Å². The molecular formula is C12H19NO3. The second-order valence-corrected chi connectivity index (χ2v) is 3.16. The molecule has 0 saturated carbocycles. The largest absolute Gasteiger partial charge is 0.494 e. The lowest BCUT2D eigenvalue weighted by Crippen LogP contribution is -2.13. The molecule has 1 aromatic rings. The average molecular weight is 225 g/mol. The van der Waals surface area contributed by atoms with Gasteiger partial charge in [-0.1, -0.05) is 6.07 Å². The van der Waals surface area contributed by atoms with Gasteiger partial charge in [-0.2, -0.15) is 0 Å². The highest BCUT2D eigenvalue weighted by Gasteiger charge is 1.97. The van der Waals surface area contributed by atoms with Crippen molar-refractivity contribution in [3.63, 3.8) is 0 Å². The minimum absolute atomic E-state index is 0.523. The highest BCUT2D eigenvalue weighted by molar-refractivity contribution is 5.32. The number of hydrogen-bond acceptors (Lipinski definition) is 4. The summed E-state index contributed by atoms with van der Waals surface area (Å²) in [7, 11) is 0. The maximum atomic E-state index is 5.49. The molecule has 90 valence electrons. The van der Waals surface area contributed by atoms with Crippen molar-refractivity contribution in [2.24, 2.45) is 5.73 Å². The SMILES string of the molecule is CCOc1cccc(OCCOCCN)c1. The van der Waals surface area contributed by atoms with Crippen LogP contribution in [-0.4, -0.2) is 33.0 Å². The molecule has 0 aliphatic heterocycles. The van der Waals surface area contributed by atoms with E-state index in [1.807, 2.05) is 31.2 Å². The molecule has 0 fully saturated rings. The highest BCUT2D eigenvalue weighted by atomic mass is 16.5. The molecule has 0 spiro atoms. The summed E-state index contributed by atoms with van der Waals surface area (Å²) in [5.74, 6) is 1.62. The van der Waals surface area contributed by atoms with Gasteiger partial charge in [0.25, 0.3) is 0 Å². The fourth-order valence-electron chi connectivity index (χ4n) is 1.22. The first-order valence-corrected chi connectivity index (χ1v) is 5.50. The maximum absolute atomic E-state index is 5.49. The molecular weight excluding hydrogens is 206 g/mol. The second kappa shape index (κ2) is 7.96. The lowest BCUT2D eigenvalue weighted by atomic mass is 10.3. The van der Waals surface area contributed by atoms with Crippen molar-refractivity contribution in [3.05, 3.63) is 24.3 Å². The van der Waals surface area contributed by atoms with E-state index in [-0.39, 0.29) is 0 Å². The normalized spacial score (nSPS) is 10.1. The summed E-state index contributed by atoms with van der Waals surface area (Å²) in [6, 6.07) is 7.57. The third-order valence-corrected chi connectivity index (χ3v) is 1.88. The number of hydrogen-bond donors (Lipinski definition) is 1. The number of rotatable bonds is 8. The molecule has 0 atom stereocenters. The highest BCUT2D eigenvalue weighted by Crippen LogP contribution is 2.19. The van der Waals surface area contributed by atoms with Gasteiger partial charge in [-0.05, 0) is 19.1 Å². The van der Waals surface area contributed by atoms with Crippen LogP contribution in [-0.2, 0) is 4.74 Å². The van der Waals surface area contributed by atoms with Gasteiger partial charge >= 0.3 is 0 Å². The van der Waals surface area contributed by atoms with Crippen LogP contribution in [0.25, 0.3) is 0 Å². The summed E-state index contributed by atoms with van der Waals surface area (Å²) in [5.41, 5.74) is 5.29. The van der Waals surface area contributed by atoms with E-state index >= 15 is 0 Å². The predicted molar refractivity (Wildman–Crippen MR) is 63.0 cm³/mol. The molecule has 0 aliphatic carbocycles. The summed E-state index contributed by atoms with van der Waals surface area (Å²) < 4.78 is 16.1. The molecule has 0 amide bonds. The molecule has 0 radical (unpaired) electrons. The van der Waals surface area contributed by atoms with Crippen LogP contribution in [0.1, 0.15) is 6.92 Å². The van der Waals surface area contributed by atoms with Gasteiger partial charge in [0.1, 0.15) is 18.1 Å². The van der Waals surface area contributed by atoms with E-state index < -0.39 is 0 Å². The van der Waals surface area contributed by atoms with E-state index in [9.17, 15) is 0 Å². The first kappa shape index (κ1) is 12.8. The van der Waals surface area contributed by atoms with Crippen molar-refractivity contribution in [2.45, 2.75) is 6.92 Å². The molecule has 16 heavy (non-hydrogen) atoms. The summed E-state index contributed by atoms with van der Waals surface area (Å²) in [6.45, 7) is 4.80. The Morgan fingerprint density at radius 2 is 1.81 bits per heavy atom. The van der Waals surface area contributed by atoms with Crippen LogP contribution < -0.4 is 15.2 Å².